The average molecular weight is 371 g/mol. The smallest absolute Gasteiger partial charge is 0.416 e. The molecule has 1 aromatic carbocycles. The summed E-state index contributed by atoms with van der Waals surface area (Å²) in [5, 5.41) is 4.75. The van der Waals surface area contributed by atoms with Gasteiger partial charge in [0, 0.05) is 36.8 Å². The van der Waals surface area contributed by atoms with Crippen LogP contribution < -0.4 is 4.74 Å². The van der Waals surface area contributed by atoms with Gasteiger partial charge in [0.15, 0.2) is 5.65 Å². The van der Waals surface area contributed by atoms with Gasteiger partial charge in [-0.1, -0.05) is 6.07 Å². The molecule has 0 bridgehead atoms. The lowest BCUT2D eigenvalue weighted by molar-refractivity contribution is -0.137. The summed E-state index contributed by atoms with van der Waals surface area (Å²) in [6.07, 6.45) is 1.71. The van der Waals surface area contributed by atoms with Crippen molar-refractivity contribution in [2.75, 3.05) is 0 Å². The molecule has 3 aromatic heterocycles. The number of benzene rings is 1. The zero-order chi connectivity index (χ0) is 19.0. The summed E-state index contributed by atoms with van der Waals surface area (Å²) in [7, 11) is 1.70. The molecule has 136 valence electrons. The van der Waals surface area contributed by atoms with E-state index in [0.717, 1.165) is 12.1 Å². The highest BCUT2D eigenvalue weighted by molar-refractivity contribution is 5.74. The molecule has 0 amide bonds. The van der Waals surface area contributed by atoms with Gasteiger partial charge in [-0.3, -0.25) is 9.67 Å². The Labute approximate surface area is 151 Å². The molecule has 0 saturated heterocycles. The number of nitrogens with zero attached hydrogens (tertiary/aromatic N) is 5. The maximum absolute atomic E-state index is 13.1. The van der Waals surface area contributed by atoms with Crippen LogP contribution in [0, 0.1) is 0 Å². The second-order valence-corrected chi connectivity index (χ2v) is 5.75. The molecule has 4 aromatic rings. The van der Waals surface area contributed by atoms with E-state index in [1.807, 2.05) is 0 Å². The third kappa shape index (κ3) is 3.31. The van der Waals surface area contributed by atoms with Gasteiger partial charge in [-0.25, -0.2) is 4.98 Å². The van der Waals surface area contributed by atoms with E-state index in [9.17, 15) is 13.2 Å². The van der Waals surface area contributed by atoms with Gasteiger partial charge in [-0.05, 0) is 24.3 Å². The lowest BCUT2D eigenvalue weighted by Gasteiger charge is -2.13. The van der Waals surface area contributed by atoms with E-state index in [-0.39, 0.29) is 11.8 Å². The minimum Gasteiger partial charge on any atom is -0.424 e. The number of hydrogen-bond donors (Lipinski definition) is 0. The average Bonchev–Trinajstić information content (AvgIpc) is 3.02. The Hall–Kier alpha value is -3.49. The summed E-state index contributed by atoms with van der Waals surface area (Å²) in [6, 6.07) is 6.62. The van der Waals surface area contributed by atoms with Crippen LogP contribution in [0.2, 0.25) is 0 Å². The van der Waals surface area contributed by atoms with Crippen molar-refractivity contribution in [3.63, 3.8) is 0 Å². The quantitative estimate of drug-likeness (QED) is 0.539. The van der Waals surface area contributed by atoms with Crippen LogP contribution in [0.5, 0.6) is 11.8 Å². The standard InChI is InChI=1S/C18H12F3N5O/c1-26-16-12(10-24-26)9-23-17(25-16)27-15-7-13(18(19,20)21)4-5-14(15)11-3-2-6-22-8-11/h2-10H,1H3. The fourth-order valence-electron chi connectivity index (χ4n) is 2.61. The fraction of sp³-hybridized carbons (Fsp3) is 0.111. The summed E-state index contributed by atoms with van der Waals surface area (Å²) in [6.45, 7) is 0. The molecule has 0 atom stereocenters. The largest absolute Gasteiger partial charge is 0.424 e. The number of rotatable bonds is 3. The molecule has 0 aliphatic heterocycles. The molecular weight excluding hydrogens is 359 g/mol. The van der Waals surface area contributed by atoms with Crippen LogP contribution in [0.25, 0.3) is 22.2 Å². The van der Waals surface area contributed by atoms with Gasteiger partial charge in [-0.2, -0.15) is 23.3 Å². The molecule has 6 nitrogen and oxygen atoms in total. The van der Waals surface area contributed by atoms with E-state index in [4.69, 9.17) is 4.74 Å². The zero-order valence-corrected chi connectivity index (χ0v) is 14.0. The van der Waals surface area contributed by atoms with E-state index in [0.29, 0.717) is 22.2 Å². The number of alkyl halides is 3. The first-order valence-electron chi connectivity index (χ1n) is 7.86. The molecular formula is C18H12F3N5O. The first-order valence-corrected chi connectivity index (χ1v) is 7.86. The van der Waals surface area contributed by atoms with Crippen molar-refractivity contribution in [2.24, 2.45) is 7.05 Å². The van der Waals surface area contributed by atoms with Crippen molar-refractivity contribution in [3.05, 3.63) is 60.7 Å². The topological polar surface area (TPSA) is 65.7 Å². The van der Waals surface area contributed by atoms with Crippen LogP contribution in [-0.4, -0.2) is 24.7 Å². The lowest BCUT2D eigenvalue weighted by Crippen LogP contribution is -2.05. The van der Waals surface area contributed by atoms with Crippen LogP contribution in [-0.2, 0) is 13.2 Å². The van der Waals surface area contributed by atoms with E-state index < -0.39 is 11.7 Å². The molecule has 0 aliphatic rings. The van der Waals surface area contributed by atoms with Crippen molar-refractivity contribution in [1.29, 1.82) is 0 Å². The third-order valence-corrected chi connectivity index (χ3v) is 3.93. The number of fused-ring (bicyclic) bond motifs is 1. The zero-order valence-electron chi connectivity index (χ0n) is 14.0. The molecule has 0 spiro atoms. The molecule has 0 saturated carbocycles. The summed E-state index contributed by atoms with van der Waals surface area (Å²) in [5.74, 6) is -0.0145. The molecule has 0 N–H and O–H groups in total. The van der Waals surface area contributed by atoms with Crippen LogP contribution in [0.1, 0.15) is 5.56 Å². The van der Waals surface area contributed by atoms with Gasteiger partial charge in [0.25, 0.3) is 0 Å². The van der Waals surface area contributed by atoms with Crippen molar-refractivity contribution in [2.45, 2.75) is 6.18 Å². The SMILES string of the molecule is Cn1ncc2cnc(Oc3cc(C(F)(F)F)ccc3-c3cccnc3)nc21. The molecule has 0 unspecified atom stereocenters. The highest BCUT2D eigenvalue weighted by Gasteiger charge is 2.31. The Morgan fingerprint density at radius 3 is 2.67 bits per heavy atom. The molecule has 0 radical (unpaired) electrons. The molecule has 27 heavy (non-hydrogen) atoms. The van der Waals surface area contributed by atoms with Crippen molar-refractivity contribution in [1.82, 2.24) is 24.7 Å². The van der Waals surface area contributed by atoms with Crippen molar-refractivity contribution in [3.8, 4) is 22.9 Å². The summed E-state index contributed by atoms with van der Waals surface area (Å²) < 4.78 is 46.6. The van der Waals surface area contributed by atoms with Crippen LogP contribution in [0.15, 0.2) is 55.1 Å². The van der Waals surface area contributed by atoms with Crippen molar-refractivity contribution >= 4 is 11.0 Å². The van der Waals surface area contributed by atoms with E-state index >= 15 is 0 Å². The van der Waals surface area contributed by atoms with E-state index in [1.165, 1.54) is 16.9 Å². The summed E-state index contributed by atoms with van der Waals surface area (Å²) in [4.78, 5) is 12.3. The van der Waals surface area contributed by atoms with Gasteiger partial charge < -0.3 is 4.74 Å². The maximum Gasteiger partial charge on any atom is 0.416 e. The molecule has 3 heterocycles. The number of aromatic nitrogens is 5. The maximum atomic E-state index is 13.1. The molecule has 9 heteroatoms. The van der Waals surface area contributed by atoms with E-state index in [2.05, 4.69) is 20.1 Å². The monoisotopic (exact) mass is 371 g/mol. The summed E-state index contributed by atoms with van der Waals surface area (Å²) in [5.41, 5.74) is 0.745. The van der Waals surface area contributed by atoms with Gasteiger partial charge in [-0.15, -0.1) is 0 Å². The van der Waals surface area contributed by atoms with Gasteiger partial charge in [0.05, 0.1) is 17.1 Å². The first kappa shape index (κ1) is 17.0. The fourth-order valence-corrected chi connectivity index (χ4v) is 2.61. The summed E-state index contributed by atoms with van der Waals surface area (Å²) >= 11 is 0. The molecule has 0 fully saturated rings. The number of ether oxygens (including phenoxy) is 1. The highest BCUT2D eigenvalue weighted by atomic mass is 19.4. The van der Waals surface area contributed by atoms with Gasteiger partial charge in [0.1, 0.15) is 5.75 Å². The Morgan fingerprint density at radius 1 is 1.07 bits per heavy atom. The third-order valence-electron chi connectivity index (χ3n) is 3.93. The number of hydrogen-bond acceptors (Lipinski definition) is 5. The molecule has 0 aliphatic carbocycles. The van der Waals surface area contributed by atoms with E-state index in [1.54, 1.807) is 37.8 Å². The Bertz CT molecular complexity index is 1110. The number of halogens is 3. The Kier molecular flexibility index (Phi) is 3.98. The Morgan fingerprint density at radius 2 is 1.93 bits per heavy atom. The normalized spacial score (nSPS) is 11.7. The minimum absolute atomic E-state index is 0.0145. The first-order chi connectivity index (χ1) is 12.9. The second kappa shape index (κ2) is 6.35. The Balaban J connectivity index is 1.81. The number of aryl methyl sites for hydroxylation is 1. The second-order valence-electron chi connectivity index (χ2n) is 5.75. The van der Waals surface area contributed by atoms with Crippen LogP contribution >= 0.6 is 0 Å². The lowest BCUT2D eigenvalue weighted by atomic mass is 10.0. The molecule has 4 rings (SSSR count). The van der Waals surface area contributed by atoms with Crippen molar-refractivity contribution < 1.29 is 17.9 Å². The predicted octanol–water partition coefficient (Wildman–Crippen LogP) is 4.24. The predicted molar refractivity (Wildman–Crippen MR) is 91.1 cm³/mol. The number of pyridine rings is 1. The van der Waals surface area contributed by atoms with Gasteiger partial charge >= 0.3 is 12.2 Å². The van der Waals surface area contributed by atoms with Crippen LogP contribution in [0.3, 0.4) is 0 Å². The minimum atomic E-state index is -4.50. The highest BCUT2D eigenvalue weighted by Crippen LogP contribution is 2.38. The van der Waals surface area contributed by atoms with Gasteiger partial charge in [0.2, 0.25) is 0 Å². The van der Waals surface area contributed by atoms with Crippen LogP contribution in [0.4, 0.5) is 13.2 Å².